The predicted octanol–water partition coefficient (Wildman–Crippen LogP) is 0.287. The van der Waals surface area contributed by atoms with Gasteiger partial charge in [0.2, 0.25) is 0 Å². The molecule has 0 radical (unpaired) electrons. The van der Waals surface area contributed by atoms with E-state index in [2.05, 4.69) is 4.99 Å². The number of halogens is 2. The maximum atomic E-state index is 11.8. The van der Waals surface area contributed by atoms with Gasteiger partial charge in [0.1, 0.15) is 6.54 Å². The average Bonchev–Trinajstić information content (AvgIpc) is 2.14. The molecule has 1 saturated heterocycles. The van der Waals surface area contributed by atoms with Gasteiger partial charge in [0, 0.05) is 13.1 Å². The number of ether oxygens (including phenoxy) is 1. The molecule has 0 aliphatic carbocycles. The monoisotopic (exact) mass is 207 g/mol. The molecule has 82 valence electrons. The maximum Gasteiger partial charge on any atom is 0.257 e. The van der Waals surface area contributed by atoms with Crippen molar-refractivity contribution in [3.8, 4) is 0 Å². The Balaban J connectivity index is 2.42. The van der Waals surface area contributed by atoms with Gasteiger partial charge in [0.25, 0.3) is 6.43 Å². The van der Waals surface area contributed by atoms with Crippen LogP contribution < -0.4 is 5.73 Å². The Morgan fingerprint density at radius 3 is 3.00 bits per heavy atom. The van der Waals surface area contributed by atoms with Crippen molar-refractivity contribution in [2.45, 2.75) is 19.5 Å². The number of aliphatic imine (C=N–C) groups is 1. The second kappa shape index (κ2) is 5.09. The number of morpholine rings is 1. The van der Waals surface area contributed by atoms with E-state index in [4.69, 9.17) is 10.5 Å². The highest BCUT2D eigenvalue weighted by Crippen LogP contribution is 2.04. The van der Waals surface area contributed by atoms with E-state index in [9.17, 15) is 8.78 Å². The molecule has 1 unspecified atom stereocenters. The van der Waals surface area contributed by atoms with Crippen molar-refractivity contribution in [1.82, 2.24) is 4.90 Å². The normalized spacial score (nSPS) is 24.4. The molecule has 1 atom stereocenters. The largest absolute Gasteiger partial charge is 0.375 e. The molecule has 1 aliphatic heterocycles. The van der Waals surface area contributed by atoms with E-state index < -0.39 is 13.0 Å². The van der Waals surface area contributed by atoms with Gasteiger partial charge in [-0.15, -0.1) is 0 Å². The molecule has 14 heavy (non-hydrogen) atoms. The zero-order valence-corrected chi connectivity index (χ0v) is 8.12. The molecule has 1 aliphatic rings. The van der Waals surface area contributed by atoms with E-state index in [0.29, 0.717) is 19.7 Å². The SMILES string of the molecule is CC1CN(C(N)=NCC(F)F)CCO1. The van der Waals surface area contributed by atoms with Crippen LogP contribution in [0.4, 0.5) is 8.78 Å². The summed E-state index contributed by atoms with van der Waals surface area (Å²) >= 11 is 0. The Morgan fingerprint density at radius 1 is 1.71 bits per heavy atom. The Kier molecular flexibility index (Phi) is 4.06. The second-order valence-electron chi connectivity index (χ2n) is 3.22. The number of hydrogen-bond acceptors (Lipinski definition) is 2. The van der Waals surface area contributed by atoms with Crippen LogP contribution in [-0.4, -0.2) is 49.6 Å². The first-order chi connectivity index (χ1) is 6.59. The average molecular weight is 207 g/mol. The topological polar surface area (TPSA) is 50.8 Å². The van der Waals surface area contributed by atoms with E-state index in [1.807, 2.05) is 6.92 Å². The quantitative estimate of drug-likeness (QED) is 0.523. The molecule has 1 heterocycles. The number of hydrogen-bond donors (Lipinski definition) is 1. The van der Waals surface area contributed by atoms with Crippen molar-refractivity contribution >= 4 is 5.96 Å². The predicted molar refractivity (Wildman–Crippen MR) is 49.5 cm³/mol. The molecule has 0 aromatic carbocycles. The molecule has 0 aromatic rings. The van der Waals surface area contributed by atoms with Gasteiger partial charge >= 0.3 is 0 Å². The molecular formula is C8H15F2N3O. The van der Waals surface area contributed by atoms with Gasteiger partial charge in [0.15, 0.2) is 5.96 Å². The van der Waals surface area contributed by atoms with Gasteiger partial charge in [-0.3, -0.25) is 0 Å². The number of nitrogens with zero attached hydrogens (tertiary/aromatic N) is 2. The van der Waals surface area contributed by atoms with Gasteiger partial charge in [-0.1, -0.05) is 0 Å². The fraction of sp³-hybridized carbons (Fsp3) is 0.875. The molecular weight excluding hydrogens is 192 g/mol. The molecule has 6 heteroatoms. The van der Waals surface area contributed by atoms with E-state index in [0.717, 1.165) is 0 Å². The van der Waals surface area contributed by atoms with Crippen LogP contribution in [0.5, 0.6) is 0 Å². The summed E-state index contributed by atoms with van der Waals surface area (Å²) in [5, 5.41) is 0. The Morgan fingerprint density at radius 2 is 2.43 bits per heavy atom. The first kappa shape index (κ1) is 11.2. The summed E-state index contributed by atoms with van der Waals surface area (Å²) < 4.78 is 28.9. The lowest BCUT2D eigenvalue weighted by Crippen LogP contribution is -2.48. The van der Waals surface area contributed by atoms with Crippen molar-refractivity contribution < 1.29 is 13.5 Å². The highest BCUT2D eigenvalue weighted by molar-refractivity contribution is 5.78. The van der Waals surface area contributed by atoms with E-state index >= 15 is 0 Å². The summed E-state index contributed by atoms with van der Waals surface area (Å²) in [6, 6.07) is 0. The summed E-state index contributed by atoms with van der Waals surface area (Å²) in [6.07, 6.45) is -2.36. The highest BCUT2D eigenvalue weighted by atomic mass is 19.3. The standard InChI is InChI=1S/C8H15F2N3O/c1-6-5-13(2-3-14-6)8(11)12-4-7(9)10/h6-7H,2-5H2,1H3,(H2,11,12). The molecule has 0 amide bonds. The van der Waals surface area contributed by atoms with Crippen LogP contribution in [0.15, 0.2) is 4.99 Å². The lowest BCUT2D eigenvalue weighted by Gasteiger charge is -2.31. The summed E-state index contributed by atoms with van der Waals surface area (Å²) in [7, 11) is 0. The van der Waals surface area contributed by atoms with E-state index in [1.165, 1.54) is 0 Å². The lowest BCUT2D eigenvalue weighted by molar-refractivity contribution is 0.00520. The Labute approximate surface area is 81.7 Å². The lowest BCUT2D eigenvalue weighted by atomic mass is 10.3. The summed E-state index contributed by atoms with van der Waals surface area (Å²) in [5.41, 5.74) is 5.55. The summed E-state index contributed by atoms with van der Waals surface area (Å²) in [5.74, 6) is 0.181. The van der Waals surface area contributed by atoms with Crippen molar-refractivity contribution in [2.24, 2.45) is 10.7 Å². The van der Waals surface area contributed by atoms with Gasteiger partial charge in [0.05, 0.1) is 12.7 Å². The van der Waals surface area contributed by atoms with Crippen LogP contribution in [-0.2, 0) is 4.74 Å². The third-order valence-corrected chi connectivity index (χ3v) is 1.96. The maximum absolute atomic E-state index is 11.8. The van der Waals surface area contributed by atoms with E-state index in [-0.39, 0.29) is 12.1 Å². The minimum absolute atomic E-state index is 0.0732. The minimum Gasteiger partial charge on any atom is -0.375 e. The van der Waals surface area contributed by atoms with Gasteiger partial charge < -0.3 is 15.4 Å². The number of rotatable bonds is 2. The molecule has 1 fully saturated rings. The molecule has 2 N–H and O–H groups in total. The fourth-order valence-electron chi connectivity index (χ4n) is 1.29. The third-order valence-electron chi connectivity index (χ3n) is 1.96. The Bertz CT molecular complexity index is 211. The molecule has 0 aromatic heterocycles. The van der Waals surface area contributed by atoms with Crippen molar-refractivity contribution in [1.29, 1.82) is 0 Å². The molecule has 0 bridgehead atoms. The minimum atomic E-state index is -2.44. The van der Waals surface area contributed by atoms with Gasteiger partial charge in [-0.05, 0) is 6.92 Å². The first-order valence-corrected chi connectivity index (χ1v) is 4.54. The molecule has 4 nitrogen and oxygen atoms in total. The number of guanidine groups is 1. The molecule has 0 saturated carbocycles. The zero-order valence-electron chi connectivity index (χ0n) is 8.12. The van der Waals surface area contributed by atoms with E-state index in [1.54, 1.807) is 4.90 Å². The van der Waals surface area contributed by atoms with Crippen LogP contribution >= 0.6 is 0 Å². The third kappa shape index (κ3) is 3.45. The van der Waals surface area contributed by atoms with Crippen molar-refractivity contribution in [3.63, 3.8) is 0 Å². The number of alkyl halides is 2. The smallest absolute Gasteiger partial charge is 0.257 e. The van der Waals surface area contributed by atoms with Crippen LogP contribution in [0.25, 0.3) is 0 Å². The molecule has 0 spiro atoms. The van der Waals surface area contributed by atoms with Gasteiger partial charge in [-0.2, -0.15) is 0 Å². The molecule has 1 rings (SSSR count). The van der Waals surface area contributed by atoms with Crippen molar-refractivity contribution in [3.05, 3.63) is 0 Å². The summed E-state index contributed by atoms with van der Waals surface area (Å²) in [6.45, 7) is 3.16. The number of nitrogens with two attached hydrogens (primary N) is 1. The van der Waals surface area contributed by atoms with Crippen molar-refractivity contribution in [2.75, 3.05) is 26.2 Å². The van der Waals surface area contributed by atoms with Crippen LogP contribution in [0.3, 0.4) is 0 Å². The van der Waals surface area contributed by atoms with Crippen LogP contribution in [0, 0.1) is 0 Å². The van der Waals surface area contributed by atoms with Crippen LogP contribution in [0.2, 0.25) is 0 Å². The second-order valence-corrected chi connectivity index (χ2v) is 3.22. The first-order valence-electron chi connectivity index (χ1n) is 4.54. The van der Waals surface area contributed by atoms with Crippen LogP contribution in [0.1, 0.15) is 6.92 Å². The van der Waals surface area contributed by atoms with Gasteiger partial charge in [-0.25, -0.2) is 13.8 Å². The summed E-state index contributed by atoms with van der Waals surface area (Å²) in [4.78, 5) is 5.36. The Hall–Kier alpha value is -0.910. The highest BCUT2D eigenvalue weighted by Gasteiger charge is 2.18. The fourth-order valence-corrected chi connectivity index (χ4v) is 1.29. The zero-order chi connectivity index (χ0) is 10.6.